The number of benzene rings is 3. The molecule has 0 aromatic heterocycles. The minimum Gasteiger partial charge on any atom is -0.497 e. The van der Waals surface area contributed by atoms with E-state index in [1.54, 1.807) is 68.8 Å². The summed E-state index contributed by atoms with van der Waals surface area (Å²) < 4.78 is 22.0. The summed E-state index contributed by atoms with van der Waals surface area (Å²) in [6.45, 7) is 3.10. The normalized spacial score (nSPS) is 14.5. The summed E-state index contributed by atoms with van der Waals surface area (Å²) in [5.74, 6) is 0.723. The van der Waals surface area contributed by atoms with Gasteiger partial charge in [0, 0.05) is 11.6 Å². The zero-order valence-electron chi connectivity index (χ0n) is 20.8. The molecule has 7 nitrogen and oxygen atoms in total. The molecule has 0 bridgehead atoms. The van der Waals surface area contributed by atoms with E-state index in [1.165, 1.54) is 0 Å². The third-order valence-corrected chi connectivity index (χ3v) is 6.26. The van der Waals surface area contributed by atoms with Gasteiger partial charge in [-0.3, -0.25) is 0 Å². The average Bonchev–Trinajstić information content (AvgIpc) is 2.92. The molecule has 188 valence electrons. The molecule has 0 aliphatic heterocycles. The number of hydrogen-bond donors (Lipinski definition) is 1. The lowest BCUT2D eigenvalue weighted by Crippen LogP contribution is -2.35. The first-order valence-corrected chi connectivity index (χ1v) is 12.1. The molecule has 0 spiro atoms. The van der Waals surface area contributed by atoms with E-state index < -0.39 is 11.9 Å². The van der Waals surface area contributed by atoms with Crippen molar-refractivity contribution in [3.8, 4) is 23.0 Å². The Morgan fingerprint density at radius 1 is 0.833 bits per heavy atom. The molecule has 1 aliphatic carbocycles. The fraction of sp³-hybridized carbons (Fsp3) is 0.310. The number of carbonyl (C=O) groups excluding carboxylic acids is 2. The lowest BCUT2D eigenvalue weighted by Gasteiger charge is -2.27. The van der Waals surface area contributed by atoms with Crippen molar-refractivity contribution >= 4 is 11.9 Å². The monoisotopic (exact) mass is 489 g/mol. The Morgan fingerprint density at radius 3 is 1.97 bits per heavy atom. The number of esters is 2. The number of hydrogen-bond acceptors (Lipinski definition) is 7. The quantitative estimate of drug-likeness (QED) is 0.335. The molecular weight excluding hydrogens is 458 g/mol. The summed E-state index contributed by atoms with van der Waals surface area (Å²) in [5.41, 5.74) is 2.71. The Hall–Kier alpha value is -3.84. The van der Waals surface area contributed by atoms with Gasteiger partial charge in [-0.15, -0.1) is 0 Å². The number of carbonyl (C=O) groups is 2. The molecule has 3 aromatic carbocycles. The molecule has 0 unspecified atom stereocenters. The molecule has 1 aliphatic rings. The molecule has 0 amide bonds. The van der Waals surface area contributed by atoms with Gasteiger partial charge in [-0.1, -0.05) is 13.0 Å². The maximum Gasteiger partial charge on any atom is 0.343 e. The fourth-order valence-corrected chi connectivity index (χ4v) is 4.28. The highest BCUT2D eigenvalue weighted by Crippen LogP contribution is 2.39. The zero-order chi connectivity index (χ0) is 25.5. The van der Waals surface area contributed by atoms with Crippen molar-refractivity contribution in [3.63, 3.8) is 0 Å². The molecular formula is C29H31NO6. The summed E-state index contributed by atoms with van der Waals surface area (Å²) in [6, 6.07) is 17.4. The second kappa shape index (κ2) is 11.7. The van der Waals surface area contributed by atoms with Crippen molar-refractivity contribution < 1.29 is 28.5 Å². The van der Waals surface area contributed by atoms with E-state index in [1.807, 2.05) is 6.07 Å². The Morgan fingerprint density at radius 2 is 1.42 bits per heavy atom. The molecule has 0 saturated carbocycles. The van der Waals surface area contributed by atoms with Crippen LogP contribution in [0.3, 0.4) is 0 Å². The standard InChI is InChI=1S/C29H31NO6/c1-4-17-30-22-10-15-25-21(18-22)9-16-26(35-28(31)19-5-11-23(33-2)12-6-19)27(25)36-29(32)20-7-13-24(34-3)14-8-20/h5-9,11-14,16,22,30H,4,10,15,17-18H2,1-3H3/t22-/m0/s1. The van der Waals surface area contributed by atoms with E-state index >= 15 is 0 Å². The van der Waals surface area contributed by atoms with Crippen LogP contribution in [0.1, 0.15) is 51.6 Å². The Kier molecular flexibility index (Phi) is 8.23. The number of rotatable bonds is 9. The molecule has 0 fully saturated rings. The third kappa shape index (κ3) is 5.86. The van der Waals surface area contributed by atoms with Crippen LogP contribution >= 0.6 is 0 Å². The highest BCUT2D eigenvalue weighted by Gasteiger charge is 2.27. The smallest absolute Gasteiger partial charge is 0.343 e. The van der Waals surface area contributed by atoms with Crippen LogP contribution in [0.15, 0.2) is 60.7 Å². The second-order valence-corrected chi connectivity index (χ2v) is 8.66. The molecule has 1 atom stereocenters. The van der Waals surface area contributed by atoms with Gasteiger partial charge in [-0.2, -0.15) is 0 Å². The van der Waals surface area contributed by atoms with E-state index in [9.17, 15) is 9.59 Å². The van der Waals surface area contributed by atoms with Gasteiger partial charge in [0.2, 0.25) is 0 Å². The van der Waals surface area contributed by atoms with Gasteiger partial charge in [0.25, 0.3) is 0 Å². The SMILES string of the molecule is CCCN[C@H]1CCc2c(ccc(OC(=O)c3ccc(OC)cc3)c2OC(=O)c2ccc(OC)cc2)C1. The van der Waals surface area contributed by atoms with Crippen molar-refractivity contribution in [1.82, 2.24) is 5.32 Å². The maximum absolute atomic E-state index is 13.1. The van der Waals surface area contributed by atoms with Crippen LogP contribution in [0.2, 0.25) is 0 Å². The first kappa shape index (κ1) is 25.3. The number of nitrogens with one attached hydrogen (secondary N) is 1. The first-order chi connectivity index (χ1) is 17.5. The van der Waals surface area contributed by atoms with Crippen LogP contribution in [0.4, 0.5) is 0 Å². The third-order valence-electron chi connectivity index (χ3n) is 6.26. The van der Waals surface area contributed by atoms with Gasteiger partial charge in [-0.05, 0) is 92.4 Å². The molecule has 0 radical (unpaired) electrons. The minimum atomic E-state index is -0.544. The summed E-state index contributed by atoms with van der Waals surface area (Å²) >= 11 is 0. The van der Waals surface area contributed by atoms with Crippen molar-refractivity contribution in [2.45, 2.75) is 38.6 Å². The number of ether oxygens (including phenoxy) is 4. The Balaban J connectivity index is 1.63. The highest BCUT2D eigenvalue weighted by atomic mass is 16.6. The lowest BCUT2D eigenvalue weighted by molar-refractivity contribution is 0.0680. The fourth-order valence-electron chi connectivity index (χ4n) is 4.28. The topological polar surface area (TPSA) is 83.1 Å². The van der Waals surface area contributed by atoms with Crippen LogP contribution in [0.25, 0.3) is 0 Å². The van der Waals surface area contributed by atoms with Gasteiger partial charge in [-0.25, -0.2) is 9.59 Å². The molecule has 36 heavy (non-hydrogen) atoms. The summed E-state index contributed by atoms with van der Waals surface area (Å²) in [5, 5.41) is 3.57. The van der Waals surface area contributed by atoms with Crippen molar-refractivity contribution in [1.29, 1.82) is 0 Å². The molecule has 0 heterocycles. The number of methoxy groups -OCH3 is 2. The van der Waals surface area contributed by atoms with Crippen LogP contribution in [0.5, 0.6) is 23.0 Å². The highest BCUT2D eigenvalue weighted by molar-refractivity contribution is 5.93. The van der Waals surface area contributed by atoms with E-state index in [-0.39, 0.29) is 5.75 Å². The van der Waals surface area contributed by atoms with E-state index in [0.717, 1.165) is 36.9 Å². The minimum absolute atomic E-state index is 0.219. The van der Waals surface area contributed by atoms with Gasteiger partial charge in [0.1, 0.15) is 11.5 Å². The van der Waals surface area contributed by atoms with Gasteiger partial charge < -0.3 is 24.3 Å². The largest absolute Gasteiger partial charge is 0.497 e. The zero-order valence-corrected chi connectivity index (χ0v) is 20.8. The van der Waals surface area contributed by atoms with Crippen LogP contribution in [0, 0.1) is 0 Å². The van der Waals surface area contributed by atoms with Crippen molar-refractivity contribution in [2.75, 3.05) is 20.8 Å². The van der Waals surface area contributed by atoms with E-state index in [0.29, 0.717) is 40.8 Å². The predicted octanol–water partition coefficient (Wildman–Crippen LogP) is 5.00. The van der Waals surface area contributed by atoms with Crippen LogP contribution < -0.4 is 24.3 Å². The molecule has 0 saturated heterocycles. The van der Waals surface area contributed by atoms with Crippen molar-refractivity contribution in [2.24, 2.45) is 0 Å². The Labute approximate surface area is 211 Å². The Bertz CT molecular complexity index is 1200. The van der Waals surface area contributed by atoms with Gasteiger partial charge in [0.05, 0.1) is 25.3 Å². The summed E-state index contributed by atoms with van der Waals surface area (Å²) in [4.78, 5) is 26.0. The van der Waals surface area contributed by atoms with Gasteiger partial charge in [0.15, 0.2) is 11.5 Å². The van der Waals surface area contributed by atoms with Crippen molar-refractivity contribution in [3.05, 3.63) is 82.9 Å². The number of fused-ring (bicyclic) bond motifs is 1. The molecule has 7 heteroatoms. The summed E-state index contributed by atoms with van der Waals surface area (Å²) in [7, 11) is 3.13. The first-order valence-electron chi connectivity index (χ1n) is 12.1. The summed E-state index contributed by atoms with van der Waals surface area (Å²) in [6.07, 6.45) is 3.48. The van der Waals surface area contributed by atoms with Crippen LogP contribution in [-0.4, -0.2) is 38.7 Å². The predicted molar refractivity (Wildman–Crippen MR) is 136 cm³/mol. The molecule has 4 rings (SSSR count). The average molecular weight is 490 g/mol. The maximum atomic E-state index is 13.1. The van der Waals surface area contributed by atoms with Crippen LogP contribution in [-0.2, 0) is 12.8 Å². The lowest BCUT2D eigenvalue weighted by atomic mass is 9.87. The molecule has 3 aromatic rings. The van der Waals surface area contributed by atoms with Gasteiger partial charge >= 0.3 is 11.9 Å². The van der Waals surface area contributed by atoms with E-state index in [2.05, 4.69) is 12.2 Å². The second-order valence-electron chi connectivity index (χ2n) is 8.66. The van der Waals surface area contributed by atoms with E-state index in [4.69, 9.17) is 18.9 Å². The molecule has 1 N–H and O–H groups in total.